The number of carbonyl (C=O) groups excluding carboxylic acids is 2. The predicted molar refractivity (Wildman–Crippen MR) is 84.4 cm³/mol. The molecule has 0 bridgehead atoms. The van der Waals surface area contributed by atoms with Gasteiger partial charge in [0, 0.05) is 38.5 Å². The van der Waals surface area contributed by atoms with E-state index in [1.807, 2.05) is 11.5 Å². The van der Waals surface area contributed by atoms with Crippen LogP contribution in [0.5, 0.6) is 0 Å². The molecular formula is C16H24N4O2. The summed E-state index contributed by atoms with van der Waals surface area (Å²) in [7, 11) is 0. The normalized spacial score (nSPS) is 16.2. The molecule has 0 atom stereocenters. The predicted octanol–water partition coefficient (Wildman–Crippen LogP) is 0.537. The van der Waals surface area contributed by atoms with Crippen molar-refractivity contribution in [2.24, 2.45) is 5.84 Å². The van der Waals surface area contributed by atoms with E-state index in [4.69, 9.17) is 5.84 Å². The van der Waals surface area contributed by atoms with Gasteiger partial charge in [-0.25, -0.2) is 5.84 Å². The van der Waals surface area contributed by atoms with E-state index in [0.29, 0.717) is 0 Å². The number of nitrogens with two attached hydrogens (primary N) is 1. The molecule has 0 unspecified atom stereocenters. The number of hydrazine groups is 1. The van der Waals surface area contributed by atoms with Gasteiger partial charge in [-0.05, 0) is 18.4 Å². The van der Waals surface area contributed by atoms with Crippen molar-refractivity contribution in [1.29, 1.82) is 0 Å². The summed E-state index contributed by atoms with van der Waals surface area (Å²) in [6, 6.07) is 10.6. The number of benzene rings is 1. The van der Waals surface area contributed by atoms with Crippen LogP contribution in [0.15, 0.2) is 30.3 Å². The molecule has 1 aromatic rings. The van der Waals surface area contributed by atoms with Crippen LogP contribution in [0.2, 0.25) is 0 Å². The Morgan fingerprint density at radius 2 is 1.73 bits per heavy atom. The second-order valence-electron chi connectivity index (χ2n) is 5.67. The quantitative estimate of drug-likeness (QED) is 0.406. The number of nitrogens with one attached hydrogen (secondary N) is 2. The standard InChI is InChI=1S/C16H24N4O2/c17-19-16(22)7-6-15(21)18-14-8-10-20(11-9-14)12-13-4-2-1-3-5-13/h1-5,14H,6-12,17H2,(H,18,21)(H,19,22). The molecule has 6 heteroatoms. The van der Waals surface area contributed by atoms with Gasteiger partial charge in [-0.3, -0.25) is 19.9 Å². The molecule has 22 heavy (non-hydrogen) atoms. The minimum Gasteiger partial charge on any atom is -0.353 e. The van der Waals surface area contributed by atoms with Crippen LogP contribution in [0.25, 0.3) is 0 Å². The van der Waals surface area contributed by atoms with Gasteiger partial charge in [-0.15, -0.1) is 0 Å². The molecule has 120 valence electrons. The van der Waals surface area contributed by atoms with Gasteiger partial charge < -0.3 is 5.32 Å². The van der Waals surface area contributed by atoms with Crippen molar-refractivity contribution in [3.63, 3.8) is 0 Å². The van der Waals surface area contributed by atoms with E-state index in [0.717, 1.165) is 32.5 Å². The summed E-state index contributed by atoms with van der Waals surface area (Å²) in [5, 5.41) is 3.00. The molecule has 2 rings (SSSR count). The fourth-order valence-electron chi connectivity index (χ4n) is 2.68. The first-order valence-electron chi connectivity index (χ1n) is 7.72. The van der Waals surface area contributed by atoms with Gasteiger partial charge in [0.05, 0.1) is 0 Å². The molecule has 1 fully saturated rings. The van der Waals surface area contributed by atoms with Crippen LogP contribution in [0.1, 0.15) is 31.2 Å². The molecule has 0 aliphatic carbocycles. The van der Waals surface area contributed by atoms with Crippen LogP contribution >= 0.6 is 0 Å². The number of hydrogen-bond acceptors (Lipinski definition) is 4. The first-order valence-corrected chi connectivity index (χ1v) is 7.72. The highest BCUT2D eigenvalue weighted by Crippen LogP contribution is 2.14. The van der Waals surface area contributed by atoms with Gasteiger partial charge in [0.25, 0.3) is 0 Å². The van der Waals surface area contributed by atoms with Crippen LogP contribution in [-0.4, -0.2) is 35.8 Å². The summed E-state index contributed by atoms with van der Waals surface area (Å²) in [4.78, 5) is 25.2. The zero-order chi connectivity index (χ0) is 15.8. The Kier molecular flexibility index (Phi) is 6.36. The first-order chi connectivity index (χ1) is 10.7. The Hall–Kier alpha value is -1.92. The lowest BCUT2D eigenvalue weighted by molar-refractivity contribution is -0.127. The summed E-state index contributed by atoms with van der Waals surface area (Å²) < 4.78 is 0. The minimum atomic E-state index is -0.312. The maximum atomic E-state index is 11.8. The molecule has 1 aliphatic rings. The average molecular weight is 304 g/mol. The smallest absolute Gasteiger partial charge is 0.234 e. The highest BCUT2D eigenvalue weighted by molar-refractivity contribution is 5.83. The van der Waals surface area contributed by atoms with Gasteiger partial charge in [-0.1, -0.05) is 30.3 Å². The van der Waals surface area contributed by atoms with Crippen molar-refractivity contribution < 1.29 is 9.59 Å². The lowest BCUT2D eigenvalue weighted by atomic mass is 10.0. The van der Waals surface area contributed by atoms with Crippen LogP contribution in [-0.2, 0) is 16.1 Å². The zero-order valence-electron chi connectivity index (χ0n) is 12.8. The van der Waals surface area contributed by atoms with Crippen LogP contribution in [0, 0.1) is 0 Å². The van der Waals surface area contributed by atoms with E-state index in [9.17, 15) is 9.59 Å². The molecule has 0 aromatic heterocycles. The van der Waals surface area contributed by atoms with Crippen molar-refractivity contribution in [2.45, 2.75) is 38.3 Å². The van der Waals surface area contributed by atoms with Crippen molar-refractivity contribution in [2.75, 3.05) is 13.1 Å². The number of hydrogen-bond donors (Lipinski definition) is 3. The average Bonchev–Trinajstić information content (AvgIpc) is 2.55. The fourth-order valence-corrected chi connectivity index (χ4v) is 2.68. The molecule has 4 N–H and O–H groups in total. The van der Waals surface area contributed by atoms with E-state index in [-0.39, 0.29) is 30.7 Å². The fraction of sp³-hybridized carbons (Fsp3) is 0.500. The van der Waals surface area contributed by atoms with Crippen molar-refractivity contribution >= 4 is 11.8 Å². The third-order valence-corrected chi connectivity index (χ3v) is 3.94. The second kappa shape index (κ2) is 8.51. The van der Waals surface area contributed by atoms with Gasteiger partial charge in [-0.2, -0.15) is 0 Å². The van der Waals surface area contributed by atoms with Crippen LogP contribution in [0.4, 0.5) is 0 Å². The summed E-state index contributed by atoms with van der Waals surface area (Å²) in [6.45, 7) is 2.91. The second-order valence-corrected chi connectivity index (χ2v) is 5.67. The summed E-state index contributed by atoms with van der Waals surface area (Å²) in [5.74, 6) is 4.59. The topological polar surface area (TPSA) is 87.5 Å². The van der Waals surface area contributed by atoms with Gasteiger partial charge in [0.1, 0.15) is 0 Å². The van der Waals surface area contributed by atoms with E-state index in [1.54, 1.807) is 0 Å². The lowest BCUT2D eigenvalue weighted by Crippen LogP contribution is -2.44. The molecule has 1 heterocycles. The Bertz CT molecular complexity index is 484. The monoisotopic (exact) mass is 304 g/mol. The molecular weight excluding hydrogens is 280 g/mol. The number of amides is 2. The van der Waals surface area contributed by atoms with Crippen LogP contribution in [0.3, 0.4) is 0 Å². The van der Waals surface area contributed by atoms with E-state index >= 15 is 0 Å². The minimum absolute atomic E-state index is 0.0786. The van der Waals surface area contributed by atoms with Crippen LogP contribution < -0.4 is 16.6 Å². The number of likely N-dealkylation sites (tertiary alicyclic amines) is 1. The first kappa shape index (κ1) is 16.5. The van der Waals surface area contributed by atoms with E-state index in [2.05, 4.69) is 34.5 Å². The summed E-state index contributed by atoms with van der Waals surface area (Å²) in [5.41, 5.74) is 3.34. The number of nitrogens with zero attached hydrogens (tertiary/aromatic N) is 1. The Morgan fingerprint density at radius 3 is 2.36 bits per heavy atom. The Morgan fingerprint density at radius 1 is 1.09 bits per heavy atom. The molecule has 6 nitrogen and oxygen atoms in total. The number of carbonyl (C=O) groups is 2. The molecule has 1 aliphatic heterocycles. The number of piperidine rings is 1. The van der Waals surface area contributed by atoms with Crippen molar-refractivity contribution in [1.82, 2.24) is 15.6 Å². The molecule has 1 saturated heterocycles. The highest BCUT2D eigenvalue weighted by atomic mass is 16.2. The maximum absolute atomic E-state index is 11.8. The molecule has 0 radical (unpaired) electrons. The third kappa shape index (κ3) is 5.46. The SMILES string of the molecule is NNC(=O)CCC(=O)NC1CCN(Cc2ccccc2)CC1. The van der Waals surface area contributed by atoms with Gasteiger partial charge >= 0.3 is 0 Å². The zero-order valence-corrected chi connectivity index (χ0v) is 12.8. The maximum Gasteiger partial charge on any atom is 0.234 e. The molecule has 0 spiro atoms. The van der Waals surface area contributed by atoms with Crippen molar-refractivity contribution in [3.05, 3.63) is 35.9 Å². The summed E-state index contributed by atoms with van der Waals surface area (Å²) in [6.07, 6.45) is 2.21. The van der Waals surface area contributed by atoms with E-state index in [1.165, 1.54) is 5.56 Å². The third-order valence-electron chi connectivity index (χ3n) is 3.94. The largest absolute Gasteiger partial charge is 0.353 e. The lowest BCUT2D eigenvalue weighted by Gasteiger charge is -2.32. The van der Waals surface area contributed by atoms with E-state index < -0.39 is 0 Å². The van der Waals surface area contributed by atoms with Gasteiger partial charge in [0.15, 0.2) is 0 Å². The van der Waals surface area contributed by atoms with Crippen molar-refractivity contribution in [3.8, 4) is 0 Å². The Labute approximate surface area is 131 Å². The molecule has 1 aromatic carbocycles. The number of rotatable bonds is 6. The van der Waals surface area contributed by atoms with Gasteiger partial charge in [0.2, 0.25) is 11.8 Å². The highest BCUT2D eigenvalue weighted by Gasteiger charge is 2.20. The molecule has 0 saturated carbocycles. The Balaban J connectivity index is 1.66. The summed E-state index contributed by atoms with van der Waals surface area (Å²) >= 11 is 0. The molecule has 2 amide bonds.